The minimum Gasteiger partial charge on any atom is -0.508 e. The predicted octanol–water partition coefficient (Wildman–Crippen LogP) is 2.40. The van der Waals surface area contributed by atoms with Crippen LogP contribution in [0.2, 0.25) is 5.15 Å². The number of carbonyl (C=O) groups excluding carboxylic acids is 1. The number of amides is 1. The summed E-state index contributed by atoms with van der Waals surface area (Å²) in [5, 5.41) is 12.1. The molecule has 5 nitrogen and oxygen atoms in total. The highest BCUT2D eigenvalue weighted by Gasteiger charge is 2.10. The van der Waals surface area contributed by atoms with Gasteiger partial charge in [-0.1, -0.05) is 11.6 Å². The van der Waals surface area contributed by atoms with Gasteiger partial charge >= 0.3 is 0 Å². The first-order chi connectivity index (χ1) is 8.56. The van der Waals surface area contributed by atoms with Crippen LogP contribution >= 0.6 is 11.6 Å². The topological polar surface area (TPSA) is 75.1 Å². The lowest BCUT2D eigenvalue weighted by Crippen LogP contribution is -2.14. The molecular formula is C12H10ClN3O2. The number of hydrogen-bond donors (Lipinski definition) is 2. The number of phenols is 1. The molecule has 0 bridgehead atoms. The number of aryl methyl sites for hydroxylation is 1. The Labute approximate surface area is 108 Å². The molecule has 0 atom stereocenters. The van der Waals surface area contributed by atoms with Crippen molar-refractivity contribution in [1.29, 1.82) is 0 Å². The smallest absolute Gasteiger partial charge is 0.257 e. The molecule has 0 fully saturated rings. The highest BCUT2D eigenvalue weighted by Crippen LogP contribution is 2.17. The van der Waals surface area contributed by atoms with Crippen molar-refractivity contribution >= 4 is 23.3 Å². The van der Waals surface area contributed by atoms with Crippen molar-refractivity contribution in [1.82, 2.24) is 9.97 Å². The highest BCUT2D eigenvalue weighted by atomic mass is 35.5. The molecule has 0 saturated carbocycles. The molecule has 0 aliphatic carbocycles. The highest BCUT2D eigenvalue weighted by molar-refractivity contribution is 6.29. The number of carbonyl (C=O) groups is 1. The van der Waals surface area contributed by atoms with Crippen LogP contribution in [0.4, 0.5) is 5.82 Å². The van der Waals surface area contributed by atoms with Crippen LogP contribution in [-0.4, -0.2) is 21.0 Å². The van der Waals surface area contributed by atoms with Crippen molar-refractivity contribution in [3.05, 3.63) is 46.9 Å². The molecule has 1 amide bonds. The first-order valence-electron chi connectivity index (χ1n) is 5.15. The molecule has 0 radical (unpaired) electrons. The van der Waals surface area contributed by atoms with Gasteiger partial charge in [-0.05, 0) is 30.7 Å². The molecule has 0 aliphatic heterocycles. The Balaban J connectivity index is 2.22. The quantitative estimate of drug-likeness (QED) is 0.816. The second kappa shape index (κ2) is 5.01. The Bertz CT molecular complexity index is 602. The summed E-state index contributed by atoms with van der Waals surface area (Å²) in [5.41, 5.74) is 1.13. The Kier molecular flexibility index (Phi) is 3.43. The lowest BCUT2D eigenvalue weighted by molar-refractivity contribution is 0.102. The van der Waals surface area contributed by atoms with Crippen LogP contribution in [0.3, 0.4) is 0 Å². The van der Waals surface area contributed by atoms with Gasteiger partial charge in [0.05, 0.1) is 0 Å². The fourth-order valence-electron chi connectivity index (χ4n) is 1.49. The molecule has 2 N–H and O–H groups in total. The summed E-state index contributed by atoms with van der Waals surface area (Å²) in [7, 11) is 0. The van der Waals surface area contributed by atoms with E-state index in [0.717, 1.165) is 0 Å². The first kappa shape index (κ1) is 12.3. The van der Waals surface area contributed by atoms with Crippen LogP contribution < -0.4 is 5.32 Å². The van der Waals surface area contributed by atoms with E-state index in [9.17, 15) is 9.90 Å². The van der Waals surface area contributed by atoms with Gasteiger partial charge in [-0.15, -0.1) is 0 Å². The maximum absolute atomic E-state index is 12.0. The van der Waals surface area contributed by atoms with E-state index in [4.69, 9.17) is 11.6 Å². The molecule has 6 heteroatoms. The Morgan fingerprint density at radius 1 is 1.33 bits per heavy atom. The second-order valence-electron chi connectivity index (χ2n) is 3.68. The number of phenolic OH excluding ortho intramolecular Hbond substituents is 1. The van der Waals surface area contributed by atoms with Gasteiger partial charge in [0.25, 0.3) is 5.91 Å². The van der Waals surface area contributed by atoms with Crippen LogP contribution in [0.15, 0.2) is 30.6 Å². The second-order valence-corrected chi connectivity index (χ2v) is 4.07. The number of nitrogens with zero attached hydrogens (tertiary/aromatic N) is 2. The molecule has 18 heavy (non-hydrogen) atoms. The van der Waals surface area contributed by atoms with Crippen molar-refractivity contribution < 1.29 is 9.90 Å². The average molecular weight is 264 g/mol. The molecular weight excluding hydrogens is 254 g/mol. The maximum atomic E-state index is 12.0. The third-order valence-electron chi connectivity index (χ3n) is 2.33. The molecule has 2 aromatic rings. The van der Waals surface area contributed by atoms with Crippen LogP contribution in [0, 0.1) is 6.92 Å². The van der Waals surface area contributed by atoms with Gasteiger partial charge in [0.1, 0.15) is 23.0 Å². The first-order valence-corrected chi connectivity index (χ1v) is 5.52. The normalized spacial score (nSPS) is 10.1. The number of aromatic hydroxyl groups is 1. The van der Waals surface area contributed by atoms with Crippen LogP contribution in [-0.2, 0) is 0 Å². The summed E-state index contributed by atoms with van der Waals surface area (Å²) in [6.07, 6.45) is 1.27. The fourth-order valence-corrected chi connectivity index (χ4v) is 1.64. The molecule has 1 heterocycles. The summed E-state index contributed by atoms with van der Waals surface area (Å²) in [4.78, 5) is 19.6. The van der Waals surface area contributed by atoms with Crippen LogP contribution in [0.1, 0.15) is 15.9 Å². The summed E-state index contributed by atoms with van der Waals surface area (Å²) in [5.74, 6) is 0.129. The molecule has 1 aromatic carbocycles. The van der Waals surface area contributed by atoms with Crippen LogP contribution in [0.25, 0.3) is 0 Å². The molecule has 92 valence electrons. The SMILES string of the molecule is Cc1cc(O)ccc1C(=O)Nc1cc(Cl)ncn1. The van der Waals surface area contributed by atoms with Crippen LogP contribution in [0.5, 0.6) is 5.75 Å². The van der Waals surface area contributed by atoms with Crippen molar-refractivity contribution in [2.45, 2.75) is 6.92 Å². The Hall–Kier alpha value is -2.14. The summed E-state index contributed by atoms with van der Waals surface area (Å²) in [6.45, 7) is 1.74. The van der Waals surface area contributed by atoms with E-state index in [1.54, 1.807) is 13.0 Å². The predicted molar refractivity (Wildman–Crippen MR) is 67.8 cm³/mol. The fraction of sp³-hybridized carbons (Fsp3) is 0.0833. The number of rotatable bonds is 2. The Morgan fingerprint density at radius 2 is 2.11 bits per heavy atom. The van der Waals surface area contributed by atoms with Gasteiger partial charge in [-0.3, -0.25) is 4.79 Å². The molecule has 2 rings (SSSR count). The van der Waals surface area contributed by atoms with Gasteiger partial charge < -0.3 is 10.4 Å². The molecule has 0 spiro atoms. The maximum Gasteiger partial charge on any atom is 0.257 e. The van der Waals surface area contributed by atoms with E-state index in [1.165, 1.54) is 24.5 Å². The van der Waals surface area contributed by atoms with Gasteiger partial charge in [-0.2, -0.15) is 0 Å². The summed E-state index contributed by atoms with van der Waals surface area (Å²) < 4.78 is 0. The van der Waals surface area contributed by atoms with E-state index in [1.807, 2.05) is 0 Å². The molecule has 0 aliphatic rings. The number of benzene rings is 1. The summed E-state index contributed by atoms with van der Waals surface area (Å²) in [6, 6.07) is 5.97. The van der Waals surface area contributed by atoms with Crippen molar-refractivity contribution in [3.8, 4) is 5.75 Å². The number of anilines is 1. The minimum atomic E-state index is -0.317. The monoisotopic (exact) mass is 263 g/mol. The lowest BCUT2D eigenvalue weighted by Gasteiger charge is -2.07. The number of aromatic nitrogens is 2. The van der Waals surface area contributed by atoms with Gasteiger partial charge in [0.15, 0.2) is 0 Å². The van der Waals surface area contributed by atoms with Crippen molar-refractivity contribution in [2.75, 3.05) is 5.32 Å². The van der Waals surface area contributed by atoms with Gasteiger partial charge in [0.2, 0.25) is 0 Å². The van der Waals surface area contributed by atoms with E-state index in [2.05, 4.69) is 15.3 Å². The van der Waals surface area contributed by atoms with Gasteiger partial charge in [-0.25, -0.2) is 9.97 Å². The molecule has 0 unspecified atom stereocenters. The Morgan fingerprint density at radius 3 is 2.78 bits per heavy atom. The molecule has 0 saturated heterocycles. The zero-order chi connectivity index (χ0) is 13.1. The van der Waals surface area contributed by atoms with Gasteiger partial charge in [0, 0.05) is 11.6 Å². The average Bonchev–Trinajstić information content (AvgIpc) is 2.28. The third kappa shape index (κ3) is 2.75. The van der Waals surface area contributed by atoms with E-state index in [0.29, 0.717) is 16.9 Å². The lowest BCUT2D eigenvalue weighted by atomic mass is 10.1. The van der Waals surface area contributed by atoms with E-state index < -0.39 is 0 Å². The van der Waals surface area contributed by atoms with E-state index in [-0.39, 0.29) is 16.8 Å². The summed E-state index contributed by atoms with van der Waals surface area (Å²) >= 11 is 5.69. The van der Waals surface area contributed by atoms with E-state index >= 15 is 0 Å². The zero-order valence-corrected chi connectivity index (χ0v) is 10.3. The number of hydrogen-bond acceptors (Lipinski definition) is 4. The zero-order valence-electron chi connectivity index (χ0n) is 9.51. The van der Waals surface area contributed by atoms with Crippen molar-refractivity contribution in [3.63, 3.8) is 0 Å². The standard InChI is InChI=1S/C12H10ClN3O2/c1-7-4-8(17)2-3-9(7)12(18)16-11-5-10(13)14-6-15-11/h2-6,17H,1H3,(H,14,15,16,18). The molecule has 1 aromatic heterocycles. The number of halogens is 1. The minimum absolute atomic E-state index is 0.120. The third-order valence-corrected chi connectivity index (χ3v) is 2.54. The number of nitrogens with one attached hydrogen (secondary N) is 1. The largest absolute Gasteiger partial charge is 0.508 e. The van der Waals surface area contributed by atoms with Crippen molar-refractivity contribution in [2.24, 2.45) is 0 Å².